The highest BCUT2D eigenvalue weighted by molar-refractivity contribution is 5.87. The van der Waals surface area contributed by atoms with Crippen LogP contribution in [0.25, 0.3) is 33.4 Å². The Labute approximate surface area is 165 Å². The fourth-order valence-electron chi connectivity index (χ4n) is 2.84. The number of imidazole rings is 1. The molecule has 0 atom stereocenters. The molecule has 0 unspecified atom stereocenters. The van der Waals surface area contributed by atoms with Gasteiger partial charge in [-0.2, -0.15) is 0 Å². The zero-order valence-electron chi connectivity index (χ0n) is 15.7. The molecule has 1 N–H and O–H groups in total. The molecular formula is C22H18N2O5. The van der Waals surface area contributed by atoms with Crippen LogP contribution in [0.5, 0.6) is 5.75 Å². The SMILES string of the molecule is C=C(C)C(=O)OCCOc1ccc2cc(-c3nc4ccccc4[nH]3)c(=O)oc2c1. The molecule has 0 radical (unpaired) electrons. The minimum absolute atomic E-state index is 0.0959. The van der Waals surface area contributed by atoms with Gasteiger partial charge in [-0.05, 0) is 37.3 Å². The van der Waals surface area contributed by atoms with E-state index in [1.165, 1.54) is 0 Å². The first-order chi connectivity index (χ1) is 14.0. The normalized spacial score (nSPS) is 10.9. The number of benzene rings is 2. The number of carbonyl (C=O) groups is 1. The van der Waals surface area contributed by atoms with Crippen LogP contribution in [0.4, 0.5) is 0 Å². The Morgan fingerprint density at radius 3 is 2.79 bits per heavy atom. The minimum atomic E-state index is -0.496. The third-order valence-corrected chi connectivity index (χ3v) is 4.29. The predicted molar refractivity (Wildman–Crippen MR) is 109 cm³/mol. The molecule has 4 rings (SSSR count). The monoisotopic (exact) mass is 390 g/mol. The van der Waals surface area contributed by atoms with E-state index >= 15 is 0 Å². The summed E-state index contributed by atoms with van der Waals surface area (Å²) >= 11 is 0. The largest absolute Gasteiger partial charge is 0.490 e. The molecule has 2 aromatic heterocycles. The second-order valence-electron chi connectivity index (χ2n) is 6.51. The zero-order valence-corrected chi connectivity index (χ0v) is 15.7. The quantitative estimate of drug-likeness (QED) is 0.233. The molecule has 0 saturated heterocycles. The second-order valence-corrected chi connectivity index (χ2v) is 6.51. The van der Waals surface area contributed by atoms with Gasteiger partial charge in [-0.3, -0.25) is 0 Å². The van der Waals surface area contributed by atoms with E-state index in [4.69, 9.17) is 13.9 Å². The highest BCUT2D eigenvalue weighted by atomic mass is 16.6. The lowest BCUT2D eigenvalue weighted by Gasteiger charge is -2.08. The summed E-state index contributed by atoms with van der Waals surface area (Å²) < 4.78 is 16.0. The number of aromatic nitrogens is 2. The summed E-state index contributed by atoms with van der Waals surface area (Å²) in [5, 5.41) is 0.737. The molecule has 0 fully saturated rings. The number of aromatic amines is 1. The van der Waals surface area contributed by atoms with Crippen molar-refractivity contribution in [2.75, 3.05) is 13.2 Å². The van der Waals surface area contributed by atoms with Crippen molar-refractivity contribution in [3.8, 4) is 17.1 Å². The maximum atomic E-state index is 12.5. The first kappa shape index (κ1) is 18.5. The van der Waals surface area contributed by atoms with Crippen LogP contribution in [0, 0.1) is 0 Å². The van der Waals surface area contributed by atoms with Gasteiger partial charge in [0.2, 0.25) is 0 Å². The third kappa shape index (κ3) is 3.89. The minimum Gasteiger partial charge on any atom is -0.490 e. The Morgan fingerprint density at radius 2 is 2.00 bits per heavy atom. The lowest BCUT2D eigenvalue weighted by atomic mass is 10.1. The second kappa shape index (κ2) is 7.63. The Balaban J connectivity index is 1.54. The molecule has 0 spiro atoms. The number of hydrogen-bond donors (Lipinski definition) is 1. The Kier molecular flexibility index (Phi) is 4.87. The van der Waals surface area contributed by atoms with Gasteiger partial charge in [0, 0.05) is 17.0 Å². The van der Waals surface area contributed by atoms with Gasteiger partial charge in [0.25, 0.3) is 0 Å². The predicted octanol–water partition coefficient (Wildman–Crippen LogP) is 3.83. The number of rotatable bonds is 6. The number of nitrogens with zero attached hydrogens (tertiary/aromatic N) is 1. The topological polar surface area (TPSA) is 94.4 Å². The Morgan fingerprint density at radius 1 is 1.17 bits per heavy atom. The Hall–Kier alpha value is -3.87. The molecule has 0 bridgehead atoms. The van der Waals surface area contributed by atoms with E-state index in [0.717, 1.165) is 16.4 Å². The zero-order chi connectivity index (χ0) is 20.4. The van der Waals surface area contributed by atoms with Crippen LogP contribution < -0.4 is 10.4 Å². The van der Waals surface area contributed by atoms with Crippen molar-refractivity contribution in [2.24, 2.45) is 0 Å². The molecule has 2 aromatic carbocycles. The van der Waals surface area contributed by atoms with Crippen molar-refractivity contribution in [3.05, 3.63) is 71.1 Å². The summed E-state index contributed by atoms with van der Waals surface area (Å²) in [6, 6.07) is 14.5. The average molecular weight is 390 g/mol. The molecule has 0 aliphatic heterocycles. The lowest BCUT2D eigenvalue weighted by molar-refractivity contribution is -0.139. The Bertz CT molecular complexity index is 1250. The molecule has 146 valence electrons. The van der Waals surface area contributed by atoms with Crippen molar-refractivity contribution in [2.45, 2.75) is 6.92 Å². The van der Waals surface area contributed by atoms with Gasteiger partial charge in [-0.15, -0.1) is 0 Å². The van der Waals surface area contributed by atoms with Crippen LogP contribution in [0.2, 0.25) is 0 Å². The molecule has 0 amide bonds. The van der Waals surface area contributed by atoms with Crippen molar-refractivity contribution in [3.63, 3.8) is 0 Å². The molecule has 2 heterocycles. The number of H-pyrrole nitrogens is 1. The van der Waals surface area contributed by atoms with Crippen LogP contribution in [0.15, 0.2) is 69.9 Å². The van der Waals surface area contributed by atoms with Crippen LogP contribution in [-0.2, 0) is 9.53 Å². The molecule has 29 heavy (non-hydrogen) atoms. The van der Waals surface area contributed by atoms with Crippen LogP contribution in [-0.4, -0.2) is 29.2 Å². The highest BCUT2D eigenvalue weighted by Gasteiger charge is 2.13. The number of ether oxygens (including phenoxy) is 2. The van der Waals surface area contributed by atoms with Crippen molar-refractivity contribution in [1.82, 2.24) is 9.97 Å². The van der Waals surface area contributed by atoms with Gasteiger partial charge in [0.15, 0.2) is 0 Å². The average Bonchev–Trinajstić information content (AvgIpc) is 3.14. The first-order valence-corrected chi connectivity index (χ1v) is 9.00. The van der Waals surface area contributed by atoms with E-state index in [2.05, 4.69) is 16.5 Å². The van der Waals surface area contributed by atoms with Crippen molar-refractivity contribution in [1.29, 1.82) is 0 Å². The van der Waals surface area contributed by atoms with E-state index in [1.54, 1.807) is 31.2 Å². The van der Waals surface area contributed by atoms with Crippen LogP contribution in [0.3, 0.4) is 0 Å². The van der Waals surface area contributed by atoms with E-state index in [-0.39, 0.29) is 13.2 Å². The summed E-state index contributed by atoms with van der Waals surface area (Å²) in [4.78, 5) is 31.4. The summed E-state index contributed by atoms with van der Waals surface area (Å²) in [6.07, 6.45) is 0. The maximum absolute atomic E-state index is 12.5. The molecule has 0 saturated carbocycles. The standard InChI is InChI=1S/C22H18N2O5/c1-13(2)21(25)28-10-9-27-15-8-7-14-11-16(22(26)29-19(14)12-15)20-23-17-5-3-4-6-18(17)24-20/h3-8,11-12H,1,9-10H2,2H3,(H,23,24). The third-order valence-electron chi connectivity index (χ3n) is 4.29. The molecule has 0 aliphatic rings. The summed E-state index contributed by atoms with van der Waals surface area (Å²) in [7, 11) is 0. The maximum Gasteiger partial charge on any atom is 0.347 e. The fourth-order valence-corrected chi connectivity index (χ4v) is 2.84. The van der Waals surface area contributed by atoms with E-state index in [1.807, 2.05) is 24.3 Å². The molecule has 7 nitrogen and oxygen atoms in total. The number of carbonyl (C=O) groups excluding carboxylic acids is 1. The molecule has 7 heteroatoms. The van der Waals surface area contributed by atoms with Gasteiger partial charge in [-0.25, -0.2) is 14.6 Å². The smallest absolute Gasteiger partial charge is 0.347 e. The van der Waals surface area contributed by atoms with Gasteiger partial charge >= 0.3 is 11.6 Å². The summed E-state index contributed by atoms with van der Waals surface area (Å²) in [6.45, 7) is 5.36. The molecular weight excluding hydrogens is 372 g/mol. The first-order valence-electron chi connectivity index (χ1n) is 9.00. The van der Waals surface area contributed by atoms with E-state index in [9.17, 15) is 9.59 Å². The lowest BCUT2D eigenvalue weighted by Crippen LogP contribution is -2.12. The van der Waals surface area contributed by atoms with E-state index < -0.39 is 11.6 Å². The van der Waals surface area contributed by atoms with Gasteiger partial charge < -0.3 is 18.9 Å². The molecule has 4 aromatic rings. The number of para-hydroxylation sites is 2. The number of nitrogens with one attached hydrogen (secondary N) is 1. The van der Waals surface area contributed by atoms with Crippen molar-refractivity contribution >= 4 is 28.0 Å². The van der Waals surface area contributed by atoms with Gasteiger partial charge in [-0.1, -0.05) is 18.7 Å². The summed E-state index contributed by atoms with van der Waals surface area (Å²) in [5.74, 6) is 0.501. The van der Waals surface area contributed by atoms with Gasteiger partial charge in [0.05, 0.1) is 11.0 Å². The number of hydrogen-bond acceptors (Lipinski definition) is 6. The number of fused-ring (bicyclic) bond motifs is 2. The molecule has 0 aliphatic carbocycles. The summed E-state index contributed by atoms with van der Waals surface area (Å²) in [5.41, 5.74) is 2.21. The van der Waals surface area contributed by atoms with Crippen molar-refractivity contribution < 1.29 is 18.7 Å². The van der Waals surface area contributed by atoms with Crippen LogP contribution in [0.1, 0.15) is 6.92 Å². The van der Waals surface area contributed by atoms with Crippen LogP contribution >= 0.6 is 0 Å². The fraction of sp³-hybridized carbons (Fsp3) is 0.136. The van der Waals surface area contributed by atoms with Gasteiger partial charge in [0.1, 0.15) is 35.9 Å². The van der Waals surface area contributed by atoms with E-state index in [0.29, 0.717) is 28.3 Å². The number of esters is 1. The highest BCUT2D eigenvalue weighted by Crippen LogP contribution is 2.24.